The van der Waals surface area contributed by atoms with Crippen molar-refractivity contribution in [2.75, 3.05) is 0 Å². The van der Waals surface area contributed by atoms with E-state index in [0.29, 0.717) is 19.3 Å². The molecule has 4 N–H and O–H groups in total. The van der Waals surface area contributed by atoms with E-state index in [1.165, 1.54) is 6.07 Å². The van der Waals surface area contributed by atoms with Gasteiger partial charge in [-0.25, -0.2) is 0 Å². The van der Waals surface area contributed by atoms with Gasteiger partial charge >= 0.3 is 0 Å². The smallest absolute Gasteiger partial charge is 0.122 e. The molecule has 0 aromatic heterocycles. The second-order valence-corrected chi connectivity index (χ2v) is 8.06. The predicted molar refractivity (Wildman–Crippen MR) is 115 cm³/mol. The first kappa shape index (κ1) is 20.6. The number of aryl methyl sites for hydroxylation is 2. The number of phenolic OH excluding ortho intramolecular Hbond substituents is 4. The van der Waals surface area contributed by atoms with Gasteiger partial charge in [-0.3, -0.25) is 0 Å². The minimum Gasteiger partial charge on any atom is -0.508 e. The summed E-state index contributed by atoms with van der Waals surface area (Å²) in [6.07, 6.45) is 1.66. The highest BCUT2D eigenvalue weighted by Crippen LogP contribution is 2.34. The van der Waals surface area contributed by atoms with Gasteiger partial charge in [-0.2, -0.15) is 0 Å². The summed E-state index contributed by atoms with van der Waals surface area (Å²) >= 11 is 0. The fourth-order valence-electron chi connectivity index (χ4n) is 3.83. The molecule has 3 rings (SSSR count). The van der Waals surface area contributed by atoms with Crippen molar-refractivity contribution in [1.82, 2.24) is 0 Å². The van der Waals surface area contributed by atoms with Crippen molar-refractivity contribution < 1.29 is 20.4 Å². The summed E-state index contributed by atoms with van der Waals surface area (Å²) in [7, 11) is 0. The first-order valence-corrected chi connectivity index (χ1v) is 9.83. The molecule has 0 saturated carbocycles. The lowest BCUT2D eigenvalue weighted by Crippen LogP contribution is -2.07. The molecule has 0 aliphatic carbocycles. The summed E-state index contributed by atoms with van der Waals surface area (Å²) in [5.41, 5.74) is 5.29. The largest absolute Gasteiger partial charge is 0.508 e. The maximum Gasteiger partial charge on any atom is 0.122 e. The van der Waals surface area contributed by atoms with Gasteiger partial charge in [0, 0.05) is 12.5 Å². The molecule has 4 heteroatoms. The van der Waals surface area contributed by atoms with Gasteiger partial charge in [0.1, 0.15) is 23.0 Å². The lowest BCUT2D eigenvalue weighted by Gasteiger charge is -2.18. The molecule has 29 heavy (non-hydrogen) atoms. The monoisotopic (exact) mass is 392 g/mol. The summed E-state index contributed by atoms with van der Waals surface area (Å²) in [5, 5.41) is 40.9. The molecule has 3 aromatic rings. The molecule has 0 amide bonds. The summed E-state index contributed by atoms with van der Waals surface area (Å²) in [6, 6.07) is 14.0. The Morgan fingerprint density at radius 1 is 0.655 bits per heavy atom. The van der Waals surface area contributed by atoms with Crippen LogP contribution in [0.4, 0.5) is 0 Å². The molecule has 152 valence electrons. The Balaban J connectivity index is 1.88. The molecule has 4 nitrogen and oxygen atoms in total. The fourth-order valence-corrected chi connectivity index (χ4v) is 3.83. The van der Waals surface area contributed by atoms with Gasteiger partial charge in [-0.05, 0) is 73.1 Å². The van der Waals surface area contributed by atoms with Crippen LogP contribution in [0.2, 0.25) is 0 Å². The molecule has 0 spiro atoms. The van der Waals surface area contributed by atoms with Crippen molar-refractivity contribution in [3.8, 4) is 23.0 Å². The Bertz CT molecular complexity index is 1020. The second-order valence-electron chi connectivity index (χ2n) is 8.06. The van der Waals surface area contributed by atoms with Crippen LogP contribution in [0.1, 0.15) is 40.3 Å². The number of rotatable bonds is 6. The van der Waals surface area contributed by atoms with E-state index in [9.17, 15) is 20.4 Å². The standard InChI is InChI=1S/C25H28O4/c1-15-4-6-23(27)19(8-15)10-17(3)11-22-18(13-21(26)14-25(22)29)12-20-9-16(2)5-7-24(20)28/h4-9,13-14,17,26-29H,10-12H2,1-3H3. The van der Waals surface area contributed by atoms with Gasteiger partial charge in [0.2, 0.25) is 0 Å². The quantitative estimate of drug-likeness (QED) is 0.468. The minimum absolute atomic E-state index is 0.00243. The number of hydrogen-bond donors (Lipinski definition) is 4. The van der Waals surface area contributed by atoms with Crippen LogP contribution in [0.5, 0.6) is 23.0 Å². The van der Waals surface area contributed by atoms with E-state index in [0.717, 1.165) is 33.4 Å². The zero-order valence-electron chi connectivity index (χ0n) is 17.1. The van der Waals surface area contributed by atoms with Crippen LogP contribution in [0.15, 0.2) is 48.5 Å². The van der Waals surface area contributed by atoms with Crippen LogP contribution >= 0.6 is 0 Å². The molecular weight excluding hydrogens is 364 g/mol. The van der Waals surface area contributed by atoms with Gasteiger partial charge in [0.05, 0.1) is 0 Å². The van der Waals surface area contributed by atoms with Crippen LogP contribution in [0.3, 0.4) is 0 Å². The molecule has 0 saturated heterocycles. The van der Waals surface area contributed by atoms with Crippen LogP contribution < -0.4 is 0 Å². The van der Waals surface area contributed by atoms with Crippen LogP contribution in [0, 0.1) is 19.8 Å². The van der Waals surface area contributed by atoms with E-state index in [-0.39, 0.29) is 28.9 Å². The third-order valence-electron chi connectivity index (χ3n) is 5.28. The first-order chi connectivity index (χ1) is 13.7. The SMILES string of the molecule is Cc1ccc(O)c(Cc2cc(O)cc(O)c2CC(C)Cc2cc(C)ccc2O)c1. The third-order valence-corrected chi connectivity index (χ3v) is 5.28. The average Bonchev–Trinajstić information content (AvgIpc) is 2.64. The van der Waals surface area contributed by atoms with Gasteiger partial charge < -0.3 is 20.4 Å². The van der Waals surface area contributed by atoms with E-state index in [2.05, 4.69) is 6.92 Å². The molecule has 3 aromatic carbocycles. The number of hydrogen-bond acceptors (Lipinski definition) is 4. The van der Waals surface area contributed by atoms with Crippen molar-refractivity contribution in [2.24, 2.45) is 5.92 Å². The van der Waals surface area contributed by atoms with E-state index >= 15 is 0 Å². The number of benzene rings is 3. The first-order valence-electron chi connectivity index (χ1n) is 9.83. The summed E-state index contributed by atoms with van der Waals surface area (Å²) in [5.74, 6) is 0.678. The number of phenols is 4. The van der Waals surface area contributed by atoms with E-state index < -0.39 is 0 Å². The highest BCUT2D eigenvalue weighted by atomic mass is 16.3. The molecular formula is C25H28O4. The maximum absolute atomic E-state index is 10.5. The molecule has 0 heterocycles. The van der Waals surface area contributed by atoms with Gasteiger partial charge in [-0.1, -0.05) is 42.3 Å². The topological polar surface area (TPSA) is 80.9 Å². The third kappa shape index (κ3) is 5.02. The zero-order valence-corrected chi connectivity index (χ0v) is 17.1. The Labute approximate surface area is 171 Å². The lowest BCUT2D eigenvalue weighted by atomic mass is 9.88. The molecule has 0 aliphatic heterocycles. The van der Waals surface area contributed by atoms with Gasteiger partial charge in [-0.15, -0.1) is 0 Å². The van der Waals surface area contributed by atoms with Crippen LogP contribution in [-0.2, 0) is 19.3 Å². The van der Waals surface area contributed by atoms with Crippen molar-refractivity contribution in [3.05, 3.63) is 81.9 Å². The second kappa shape index (κ2) is 8.48. The van der Waals surface area contributed by atoms with Crippen LogP contribution in [0.25, 0.3) is 0 Å². The normalized spacial score (nSPS) is 12.1. The summed E-state index contributed by atoms with van der Waals surface area (Å²) in [4.78, 5) is 0. The van der Waals surface area contributed by atoms with Gasteiger partial charge in [0.15, 0.2) is 0 Å². The van der Waals surface area contributed by atoms with E-state index in [1.807, 2.05) is 38.1 Å². The fraction of sp³-hybridized carbons (Fsp3) is 0.280. The molecule has 0 bridgehead atoms. The van der Waals surface area contributed by atoms with E-state index in [4.69, 9.17) is 0 Å². The maximum atomic E-state index is 10.5. The highest BCUT2D eigenvalue weighted by molar-refractivity contribution is 5.49. The van der Waals surface area contributed by atoms with Crippen LogP contribution in [-0.4, -0.2) is 20.4 Å². The summed E-state index contributed by atoms with van der Waals surface area (Å²) in [6.45, 7) is 6.02. The average molecular weight is 392 g/mol. The van der Waals surface area contributed by atoms with Gasteiger partial charge in [0.25, 0.3) is 0 Å². The Morgan fingerprint density at radius 2 is 1.24 bits per heavy atom. The van der Waals surface area contributed by atoms with E-state index in [1.54, 1.807) is 18.2 Å². The van der Waals surface area contributed by atoms with Crippen molar-refractivity contribution in [1.29, 1.82) is 0 Å². The summed E-state index contributed by atoms with van der Waals surface area (Å²) < 4.78 is 0. The molecule has 1 unspecified atom stereocenters. The molecule has 0 aliphatic rings. The predicted octanol–water partition coefficient (Wildman–Crippen LogP) is 5.14. The van der Waals surface area contributed by atoms with Crippen molar-refractivity contribution in [3.63, 3.8) is 0 Å². The molecule has 1 atom stereocenters. The van der Waals surface area contributed by atoms with Crippen molar-refractivity contribution >= 4 is 0 Å². The highest BCUT2D eigenvalue weighted by Gasteiger charge is 2.17. The zero-order chi connectivity index (χ0) is 21.1. The molecule has 0 fully saturated rings. The Morgan fingerprint density at radius 3 is 1.90 bits per heavy atom. The minimum atomic E-state index is -0.00243. The molecule has 0 radical (unpaired) electrons. The Hall–Kier alpha value is -3.14. The lowest BCUT2D eigenvalue weighted by molar-refractivity contribution is 0.435. The van der Waals surface area contributed by atoms with Crippen molar-refractivity contribution in [2.45, 2.75) is 40.0 Å². The number of aromatic hydroxyl groups is 4. The Kier molecular flexibility index (Phi) is 6.02.